The number of anilines is 1. The fraction of sp³-hybridized carbons (Fsp3) is 0.200. The number of rotatable bonds is 3. The summed E-state index contributed by atoms with van der Waals surface area (Å²) in [4.78, 5) is 0. The van der Waals surface area contributed by atoms with Crippen molar-refractivity contribution in [3.8, 4) is 5.75 Å². The Morgan fingerprint density at radius 2 is 2.05 bits per heavy atom. The Morgan fingerprint density at radius 3 is 2.85 bits per heavy atom. The molecule has 3 rings (SSSR count). The number of benzene rings is 2. The van der Waals surface area contributed by atoms with Gasteiger partial charge in [-0.15, -0.1) is 0 Å². The quantitative estimate of drug-likeness (QED) is 0.907. The van der Waals surface area contributed by atoms with E-state index in [2.05, 4.69) is 21.2 Å². The second-order valence-electron chi connectivity index (χ2n) is 4.71. The van der Waals surface area contributed by atoms with Crippen LogP contribution >= 0.6 is 15.9 Å². The molecule has 0 aromatic heterocycles. The van der Waals surface area contributed by atoms with Crippen molar-refractivity contribution in [1.82, 2.24) is 0 Å². The van der Waals surface area contributed by atoms with Gasteiger partial charge in [-0.25, -0.2) is 8.78 Å². The SMILES string of the molecule is Fc1ccc2c(c1)CC(CNc1ccc(Br)c(F)c1)O2. The third-order valence-corrected chi connectivity index (χ3v) is 3.86. The zero-order valence-electron chi connectivity index (χ0n) is 10.5. The van der Waals surface area contributed by atoms with Crippen molar-refractivity contribution in [3.05, 3.63) is 58.1 Å². The van der Waals surface area contributed by atoms with Gasteiger partial charge in [-0.1, -0.05) is 0 Å². The van der Waals surface area contributed by atoms with Gasteiger partial charge in [-0.05, 0) is 52.3 Å². The van der Waals surface area contributed by atoms with Crippen molar-refractivity contribution in [3.63, 3.8) is 0 Å². The summed E-state index contributed by atoms with van der Waals surface area (Å²) in [6.07, 6.45) is 0.581. The van der Waals surface area contributed by atoms with Gasteiger partial charge in [-0.2, -0.15) is 0 Å². The van der Waals surface area contributed by atoms with Crippen molar-refractivity contribution in [2.45, 2.75) is 12.5 Å². The average molecular weight is 340 g/mol. The van der Waals surface area contributed by atoms with Crippen LogP contribution in [0.4, 0.5) is 14.5 Å². The van der Waals surface area contributed by atoms with Crippen LogP contribution in [-0.4, -0.2) is 12.6 Å². The maximum Gasteiger partial charge on any atom is 0.139 e. The molecule has 1 aliphatic heterocycles. The Balaban J connectivity index is 1.62. The maximum atomic E-state index is 13.4. The highest BCUT2D eigenvalue weighted by Gasteiger charge is 2.22. The van der Waals surface area contributed by atoms with E-state index in [9.17, 15) is 8.78 Å². The highest BCUT2D eigenvalue weighted by Crippen LogP contribution is 2.29. The maximum absolute atomic E-state index is 13.4. The summed E-state index contributed by atoms with van der Waals surface area (Å²) in [6, 6.07) is 9.38. The van der Waals surface area contributed by atoms with Gasteiger partial charge in [0.15, 0.2) is 0 Å². The lowest BCUT2D eigenvalue weighted by atomic mass is 10.1. The summed E-state index contributed by atoms with van der Waals surface area (Å²) < 4.78 is 32.6. The first-order valence-corrected chi connectivity index (χ1v) is 7.05. The van der Waals surface area contributed by atoms with Gasteiger partial charge in [0.25, 0.3) is 0 Å². The van der Waals surface area contributed by atoms with Crippen molar-refractivity contribution in [2.75, 3.05) is 11.9 Å². The van der Waals surface area contributed by atoms with Crippen molar-refractivity contribution in [2.24, 2.45) is 0 Å². The minimum Gasteiger partial charge on any atom is -0.488 e. The molecule has 2 aromatic carbocycles. The zero-order valence-corrected chi connectivity index (χ0v) is 12.1. The average Bonchev–Trinajstić information content (AvgIpc) is 2.82. The first-order chi connectivity index (χ1) is 9.61. The van der Waals surface area contributed by atoms with E-state index in [0.29, 0.717) is 23.1 Å². The van der Waals surface area contributed by atoms with Crippen molar-refractivity contribution < 1.29 is 13.5 Å². The minimum absolute atomic E-state index is 0.0708. The Bertz CT molecular complexity index is 648. The number of hydrogen-bond donors (Lipinski definition) is 1. The molecule has 2 aromatic rings. The van der Waals surface area contributed by atoms with E-state index in [1.54, 1.807) is 18.2 Å². The lowest BCUT2D eigenvalue weighted by molar-refractivity contribution is 0.246. The molecule has 0 radical (unpaired) electrons. The molecule has 104 valence electrons. The summed E-state index contributed by atoms with van der Waals surface area (Å²) in [6.45, 7) is 0.539. The molecule has 1 atom stereocenters. The van der Waals surface area contributed by atoms with Gasteiger partial charge in [0.05, 0.1) is 11.0 Å². The normalized spacial score (nSPS) is 16.6. The smallest absolute Gasteiger partial charge is 0.139 e. The predicted molar refractivity (Wildman–Crippen MR) is 77.1 cm³/mol. The van der Waals surface area contributed by atoms with Gasteiger partial charge < -0.3 is 10.1 Å². The van der Waals surface area contributed by atoms with Crippen LogP contribution in [0.2, 0.25) is 0 Å². The summed E-state index contributed by atoms with van der Waals surface area (Å²) in [7, 11) is 0. The molecule has 0 amide bonds. The summed E-state index contributed by atoms with van der Waals surface area (Å²) in [5.41, 5.74) is 1.57. The monoisotopic (exact) mass is 339 g/mol. The third-order valence-electron chi connectivity index (χ3n) is 3.22. The molecular formula is C15H12BrF2NO. The van der Waals surface area contributed by atoms with E-state index in [1.807, 2.05) is 0 Å². The number of ether oxygens (including phenoxy) is 1. The van der Waals surface area contributed by atoms with E-state index in [4.69, 9.17) is 4.74 Å². The third kappa shape index (κ3) is 2.77. The summed E-state index contributed by atoms with van der Waals surface area (Å²) in [5, 5.41) is 3.12. The van der Waals surface area contributed by atoms with E-state index < -0.39 is 0 Å². The molecule has 20 heavy (non-hydrogen) atoms. The molecule has 0 bridgehead atoms. The fourth-order valence-corrected chi connectivity index (χ4v) is 2.49. The van der Waals surface area contributed by atoms with Crippen LogP contribution in [0.25, 0.3) is 0 Å². The predicted octanol–water partition coefficient (Wildman–Crippen LogP) is 4.14. The molecule has 1 heterocycles. The molecule has 1 N–H and O–H groups in total. The first-order valence-electron chi connectivity index (χ1n) is 6.26. The number of fused-ring (bicyclic) bond motifs is 1. The molecule has 5 heteroatoms. The molecular weight excluding hydrogens is 328 g/mol. The summed E-state index contributed by atoms with van der Waals surface area (Å²) in [5.74, 6) is 0.156. The van der Waals surface area contributed by atoms with Gasteiger partial charge in [-0.3, -0.25) is 0 Å². The van der Waals surface area contributed by atoms with Crippen LogP contribution in [0.15, 0.2) is 40.9 Å². The number of nitrogens with one attached hydrogen (secondary N) is 1. The lowest BCUT2D eigenvalue weighted by Gasteiger charge is -2.13. The standard InChI is InChI=1S/C15H12BrF2NO/c16-13-3-2-11(7-14(13)18)19-8-12-6-9-5-10(17)1-4-15(9)20-12/h1-5,7,12,19H,6,8H2. The van der Waals surface area contributed by atoms with E-state index in [1.165, 1.54) is 18.2 Å². The molecule has 0 saturated carbocycles. The zero-order chi connectivity index (χ0) is 14.1. The minimum atomic E-state index is -0.312. The highest BCUT2D eigenvalue weighted by atomic mass is 79.9. The summed E-state index contributed by atoms with van der Waals surface area (Å²) >= 11 is 3.11. The van der Waals surface area contributed by atoms with Crippen LogP contribution in [0.3, 0.4) is 0 Å². The topological polar surface area (TPSA) is 21.3 Å². The fourth-order valence-electron chi connectivity index (χ4n) is 2.24. The Labute approximate surface area is 123 Å². The first kappa shape index (κ1) is 13.4. The van der Waals surface area contributed by atoms with Gasteiger partial charge in [0, 0.05) is 17.7 Å². The second-order valence-corrected chi connectivity index (χ2v) is 5.56. The van der Waals surface area contributed by atoms with Gasteiger partial charge in [0.1, 0.15) is 23.5 Å². The van der Waals surface area contributed by atoms with Crippen LogP contribution in [0, 0.1) is 11.6 Å². The molecule has 0 fully saturated rings. The van der Waals surface area contributed by atoms with Crippen LogP contribution in [0.5, 0.6) is 5.75 Å². The molecule has 0 aliphatic carbocycles. The largest absolute Gasteiger partial charge is 0.488 e. The Kier molecular flexibility index (Phi) is 3.61. The van der Waals surface area contributed by atoms with Gasteiger partial charge in [0.2, 0.25) is 0 Å². The van der Waals surface area contributed by atoms with Crippen LogP contribution in [-0.2, 0) is 6.42 Å². The molecule has 2 nitrogen and oxygen atoms in total. The van der Waals surface area contributed by atoms with E-state index >= 15 is 0 Å². The van der Waals surface area contributed by atoms with Gasteiger partial charge >= 0.3 is 0 Å². The lowest BCUT2D eigenvalue weighted by Crippen LogP contribution is -2.23. The van der Waals surface area contributed by atoms with E-state index in [-0.39, 0.29) is 17.7 Å². The van der Waals surface area contributed by atoms with E-state index in [0.717, 1.165) is 11.3 Å². The molecule has 1 unspecified atom stereocenters. The highest BCUT2D eigenvalue weighted by molar-refractivity contribution is 9.10. The van der Waals surface area contributed by atoms with Crippen LogP contribution < -0.4 is 10.1 Å². The van der Waals surface area contributed by atoms with Crippen molar-refractivity contribution >= 4 is 21.6 Å². The van der Waals surface area contributed by atoms with Crippen molar-refractivity contribution in [1.29, 1.82) is 0 Å². The number of hydrogen-bond acceptors (Lipinski definition) is 2. The Hall–Kier alpha value is -1.62. The molecule has 0 spiro atoms. The molecule has 0 saturated heterocycles. The number of halogens is 3. The molecule has 1 aliphatic rings. The van der Waals surface area contributed by atoms with Crippen LogP contribution in [0.1, 0.15) is 5.56 Å². The second kappa shape index (κ2) is 5.40. The Morgan fingerprint density at radius 1 is 1.20 bits per heavy atom.